The van der Waals surface area contributed by atoms with Crippen LogP contribution < -0.4 is 10.6 Å². The van der Waals surface area contributed by atoms with E-state index in [4.69, 9.17) is 0 Å². The maximum Gasteiger partial charge on any atom is 0.275 e. The largest absolute Gasteiger partial charge is 0.362 e. The summed E-state index contributed by atoms with van der Waals surface area (Å²) in [4.78, 5) is 20.9. The van der Waals surface area contributed by atoms with Crippen LogP contribution in [0.1, 0.15) is 40.1 Å². The fraction of sp³-hybridized carbons (Fsp3) is 0.190. The Morgan fingerprint density at radius 3 is 2.27 bits per heavy atom. The number of carbonyl (C=O) groups is 1. The first-order valence-corrected chi connectivity index (χ1v) is 8.54. The zero-order chi connectivity index (χ0) is 18.5. The lowest BCUT2D eigenvalue weighted by molar-refractivity contribution is 0.102. The number of hydrogen-bond donors (Lipinski definition) is 2. The van der Waals surface area contributed by atoms with Gasteiger partial charge in [-0.05, 0) is 49.6 Å². The van der Waals surface area contributed by atoms with Gasteiger partial charge in [-0.25, -0.2) is 9.97 Å². The Kier molecular flexibility index (Phi) is 5.27. The van der Waals surface area contributed by atoms with E-state index in [1.54, 1.807) is 6.20 Å². The van der Waals surface area contributed by atoms with Crippen molar-refractivity contribution in [2.24, 2.45) is 0 Å². The average Bonchev–Trinajstić information content (AvgIpc) is 2.62. The lowest BCUT2D eigenvalue weighted by atomic mass is 10.1. The summed E-state index contributed by atoms with van der Waals surface area (Å²) in [6.07, 6.45) is 3.06. The van der Waals surface area contributed by atoms with Crippen molar-refractivity contribution >= 4 is 17.4 Å². The van der Waals surface area contributed by atoms with Gasteiger partial charge in [0, 0.05) is 11.7 Å². The monoisotopic (exact) mass is 346 g/mol. The molecule has 5 nitrogen and oxygen atoms in total. The van der Waals surface area contributed by atoms with Gasteiger partial charge in [0.15, 0.2) is 0 Å². The summed E-state index contributed by atoms with van der Waals surface area (Å²) >= 11 is 0. The molecule has 132 valence electrons. The number of carbonyl (C=O) groups excluding carboxylic acids is 1. The molecule has 2 N–H and O–H groups in total. The number of nitrogens with one attached hydrogen (secondary N) is 2. The third-order valence-electron chi connectivity index (χ3n) is 4.03. The van der Waals surface area contributed by atoms with Crippen LogP contribution in [0.5, 0.6) is 0 Å². The summed E-state index contributed by atoms with van der Waals surface area (Å²) in [5.41, 5.74) is 4.39. The number of amides is 1. The smallest absolute Gasteiger partial charge is 0.275 e. The van der Waals surface area contributed by atoms with E-state index in [1.807, 2.05) is 44.2 Å². The maximum absolute atomic E-state index is 12.4. The van der Waals surface area contributed by atoms with Crippen molar-refractivity contribution in [3.63, 3.8) is 0 Å². The quantitative estimate of drug-likeness (QED) is 0.713. The average molecular weight is 346 g/mol. The summed E-state index contributed by atoms with van der Waals surface area (Å²) < 4.78 is 0. The predicted molar refractivity (Wildman–Crippen MR) is 104 cm³/mol. The van der Waals surface area contributed by atoms with Gasteiger partial charge in [-0.2, -0.15) is 0 Å². The summed E-state index contributed by atoms with van der Waals surface area (Å²) in [5.74, 6) is 0.356. The molecule has 0 aliphatic heterocycles. The van der Waals surface area contributed by atoms with Crippen LogP contribution in [0.25, 0.3) is 0 Å². The van der Waals surface area contributed by atoms with Gasteiger partial charge in [0.2, 0.25) is 0 Å². The molecule has 3 aromatic rings. The van der Waals surface area contributed by atoms with Crippen molar-refractivity contribution in [1.82, 2.24) is 9.97 Å². The molecule has 0 fully saturated rings. The zero-order valence-electron chi connectivity index (χ0n) is 15.2. The first-order chi connectivity index (χ1) is 12.5. The maximum atomic E-state index is 12.4. The molecule has 0 spiro atoms. The van der Waals surface area contributed by atoms with Crippen LogP contribution in [0.2, 0.25) is 0 Å². The fourth-order valence-corrected chi connectivity index (χ4v) is 2.81. The molecule has 1 amide bonds. The van der Waals surface area contributed by atoms with E-state index in [-0.39, 0.29) is 17.6 Å². The van der Waals surface area contributed by atoms with E-state index in [1.165, 1.54) is 6.20 Å². The molecule has 1 aromatic heterocycles. The normalized spacial score (nSPS) is 11.7. The fourth-order valence-electron chi connectivity index (χ4n) is 2.81. The van der Waals surface area contributed by atoms with Crippen LogP contribution in [-0.2, 0) is 0 Å². The van der Waals surface area contributed by atoms with Crippen LogP contribution in [0, 0.1) is 13.8 Å². The Morgan fingerprint density at radius 1 is 0.962 bits per heavy atom. The zero-order valence-corrected chi connectivity index (χ0v) is 15.2. The number of benzene rings is 2. The number of anilines is 2. The molecule has 26 heavy (non-hydrogen) atoms. The highest BCUT2D eigenvalue weighted by molar-refractivity contribution is 6.02. The van der Waals surface area contributed by atoms with E-state index in [0.29, 0.717) is 5.82 Å². The molecule has 0 aliphatic rings. The van der Waals surface area contributed by atoms with Gasteiger partial charge in [-0.15, -0.1) is 0 Å². The lowest BCUT2D eigenvalue weighted by Gasteiger charge is -2.14. The number of rotatable bonds is 5. The minimum absolute atomic E-state index is 0.0976. The Morgan fingerprint density at radius 2 is 1.65 bits per heavy atom. The molecule has 0 aliphatic carbocycles. The van der Waals surface area contributed by atoms with Gasteiger partial charge in [0.05, 0.1) is 12.4 Å². The number of nitrogens with zero attached hydrogens (tertiary/aromatic N) is 2. The predicted octanol–water partition coefficient (Wildman–Crippen LogP) is 4.52. The van der Waals surface area contributed by atoms with Gasteiger partial charge in [-0.1, -0.05) is 36.4 Å². The Bertz CT molecular complexity index is 871. The van der Waals surface area contributed by atoms with Crippen LogP contribution >= 0.6 is 0 Å². The molecule has 0 saturated heterocycles. The Balaban J connectivity index is 1.66. The minimum Gasteiger partial charge on any atom is -0.362 e. The van der Waals surface area contributed by atoms with E-state index in [2.05, 4.69) is 45.7 Å². The van der Waals surface area contributed by atoms with Crippen LogP contribution in [0.15, 0.2) is 60.9 Å². The lowest BCUT2D eigenvalue weighted by Crippen LogP contribution is -2.15. The second-order valence-electron chi connectivity index (χ2n) is 6.39. The van der Waals surface area contributed by atoms with Gasteiger partial charge in [-0.3, -0.25) is 4.79 Å². The molecule has 1 heterocycles. The van der Waals surface area contributed by atoms with E-state index in [9.17, 15) is 4.79 Å². The first-order valence-electron chi connectivity index (χ1n) is 8.54. The highest BCUT2D eigenvalue weighted by Crippen LogP contribution is 2.17. The molecule has 1 unspecified atom stereocenters. The van der Waals surface area contributed by atoms with Crippen molar-refractivity contribution in [2.45, 2.75) is 26.8 Å². The van der Waals surface area contributed by atoms with Gasteiger partial charge in [0.25, 0.3) is 5.91 Å². The van der Waals surface area contributed by atoms with E-state index >= 15 is 0 Å². The third-order valence-corrected chi connectivity index (χ3v) is 4.03. The van der Waals surface area contributed by atoms with E-state index < -0.39 is 0 Å². The van der Waals surface area contributed by atoms with Crippen molar-refractivity contribution in [3.8, 4) is 0 Å². The standard InChI is InChI=1S/C21H22N4O/c1-14-9-15(2)11-18(10-14)25-21(26)19-12-23-20(13-22-19)24-16(3)17-7-5-4-6-8-17/h4-13,16H,1-3H3,(H,23,24)(H,25,26). The number of aryl methyl sites for hydroxylation is 2. The van der Waals surface area contributed by atoms with Crippen molar-refractivity contribution in [2.75, 3.05) is 10.6 Å². The second kappa shape index (κ2) is 7.78. The van der Waals surface area contributed by atoms with Gasteiger partial charge < -0.3 is 10.6 Å². The van der Waals surface area contributed by atoms with Gasteiger partial charge in [0.1, 0.15) is 11.5 Å². The molecular formula is C21H22N4O. The summed E-state index contributed by atoms with van der Waals surface area (Å²) in [5, 5.41) is 6.15. The third kappa shape index (κ3) is 4.45. The first kappa shape index (κ1) is 17.6. The topological polar surface area (TPSA) is 66.9 Å². The van der Waals surface area contributed by atoms with Crippen LogP contribution in [0.4, 0.5) is 11.5 Å². The number of aromatic nitrogens is 2. The molecular weight excluding hydrogens is 324 g/mol. The minimum atomic E-state index is -0.273. The second-order valence-corrected chi connectivity index (χ2v) is 6.39. The summed E-state index contributed by atoms with van der Waals surface area (Å²) in [6, 6.07) is 16.1. The van der Waals surface area contributed by atoms with Crippen molar-refractivity contribution < 1.29 is 4.79 Å². The van der Waals surface area contributed by atoms with Crippen molar-refractivity contribution in [3.05, 3.63) is 83.3 Å². The molecule has 2 aromatic carbocycles. The molecule has 5 heteroatoms. The van der Waals surface area contributed by atoms with Gasteiger partial charge >= 0.3 is 0 Å². The molecule has 0 bridgehead atoms. The summed E-state index contributed by atoms with van der Waals surface area (Å²) in [7, 11) is 0. The van der Waals surface area contributed by atoms with E-state index in [0.717, 1.165) is 22.4 Å². The SMILES string of the molecule is Cc1cc(C)cc(NC(=O)c2cnc(NC(C)c3ccccc3)cn2)c1. The molecule has 1 atom stereocenters. The molecule has 0 radical (unpaired) electrons. The van der Waals surface area contributed by atoms with Crippen LogP contribution in [0.3, 0.4) is 0 Å². The van der Waals surface area contributed by atoms with Crippen LogP contribution in [-0.4, -0.2) is 15.9 Å². The Labute approximate surface area is 153 Å². The van der Waals surface area contributed by atoms with Crippen molar-refractivity contribution in [1.29, 1.82) is 0 Å². The Hall–Kier alpha value is -3.21. The highest BCUT2D eigenvalue weighted by Gasteiger charge is 2.10. The molecule has 3 rings (SSSR count). The number of hydrogen-bond acceptors (Lipinski definition) is 4. The molecule has 0 saturated carbocycles. The highest BCUT2D eigenvalue weighted by atomic mass is 16.1. The summed E-state index contributed by atoms with van der Waals surface area (Å²) in [6.45, 7) is 6.05.